The number of aliphatic imine (C=N–C) groups is 1. The van der Waals surface area contributed by atoms with Gasteiger partial charge in [0.2, 0.25) is 0 Å². The summed E-state index contributed by atoms with van der Waals surface area (Å²) in [5.41, 5.74) is 3.86. The minimum atomic E-state index is 0.697. The third-order valence-corrected chi connectivity index (χ3v) is 3.69. The lowest BCUT2D eigenvalue weighted by Crippen LogP contribution is -2.38. The first-order valence-corrected chi connectivity index (χ1v) is 8.23. The summed E-state index contributed by atoms with van der Waals surface area (Å²) in [7, 11) is 0. The summed E-state index contributed by atoms with van der Waals surface area (Å²) in [5, 5.41) is 6.69. The Morgan fingerprint density at radius 2 is 2.13 bits per heavy atom. The Morgan fingerprint density at radius 1 is 1.26 bits per heavy atom. The fraction of sp³-hybridized carbons (Fsp3) is 0.444. The largest absolute Gasteiger partial charge is 0.357 e. The Kier molecular flexibility index (Phi) is 6.66. The maximum Gasteiger partial charge on any atom is 0.191 e. The minimum absolute atomic E-state index is 0.697. The van der Waals surface area contributed by atoms with Gasteiger partial charge >= 0.3 is 0 Å². The number of aromatic nitrogens is 2. The van der Waals surface area contributed by atoms with Crippen molar-refractivity contribution in [1.29, 1.82) is 0 Å². The van der Waals surface area contributed by atoms with Crippen molar-refractivity contribution < 1.29 is 0 Å². The average molecular weight is 313 g/mol. The molecule has 0 fully saturated rings. The highest BCUT2D eigenvalue weighted by atomic mass is 15.2. The van der Waals surface area contributed by atoms with Gasteiger partial charge in [-0.3, -0.25) is 0 Å². The molecule has 2 aromatic rings. The summed E-state index contributed by atoms with van der Waals surface area (Å²) in [4.78, 5) is 8.73. The average Bonchev–Trinajstić information content (AvgIpc) is 3.03. The fourth-order valence-corrected chi connectivity index (χ4v) is 2.42. The zero-order chi connectivity index (χ0) is 16.5. The summed E-state index contributed by atoms with van der Waals surface area (Å²) in [6, 6.07) is 6.51. The third kappa shape index (κ3) is 5.77. The molecule has 0 radical (unpaired) electrons. The van der Waals surface area contributed by atoms with E-state index in [1.807, 2.05) is 18.7 Å². The smallest absolute Gasteiger partial charge is 0.191 e. The van der Waals surface area contributed by atoms with Crippen molar-refractivity contribution in [3.63, 3.8) is 0 Å². The van der Waals surface area contributed by atoms with Crippen molar-refractivity contribution in [2.75, 3.05) is 13.1 Å². The van der Waals surface area contributed by atoms with E-state index in [9.17, 15) is 0 Å². The van der Waals surface area contributed by atoms with Crippen molar-refractivity contribution in [2.24, 2.45) is 4.99 Å². The molecule has 0 aliphatic carbocycles. The van der Waals surface area contributed by atoms with Gasteiger partial charge in [0.25, 0.3) is 0 Å². The molecule has 0 amide bonds. The van der Waals surface area contributed by atoms with E-state index in [0.717, 1.165) is 32.0 Å². The third-order valence-electron chi connectivity index (χ3n) is 3.69. The van der Waals surface area contributed by atoms with Crippen LogP contribution in [-0.2, 0) is 13.1 Å². The normalized spacial score (nSPS) is 11.5. The quantitative estimate of drug-likeness (QED) is 0.469. The first-order chi connectivity index (χ1) is 11.2. The second-order valence-corrected chi connectivity index (χ2v) is 5.71. The predicted octanol–water partition coefficient (Wildman–Crippen LogP) is 2.65. The van der Waals surface area contributed by atoms with Crippen LogP contribution in [0.2, 0.25) is 0 Å². The number of rotatable bonds is 7. The van der Waals surface area contributed by atoms with Gasteiger partial charge in [0.1, 0.15) is 0 Å². The summed E-state index contributed by atoms with van der Waals surface area (Å²) >= 11 is 0. The first-order valence-electron chi connectivity index (χ1n) is 8.23. The highest BCUT2D eigenvalue weighted by Gasteiger charge is 2.00. The molecule has 2 rings (SSSR count). The topological polar surface area (TPSA) is 54.2 Å². The summed E-state index contributed by atoms with van der Waals surface area (Å²) in [6.07, 6.45) is 6.67. The fourth-order valence-electron chi connectivity index (χ4n) is 2.42. The molecule has 0 bridgehead atoms. The zero-order valence-electron chi connectivity index (χ0n) is 14.3. The molecule has 1 aromatic carbocycles. The summed E-state index contributed by atoms with van der Waals surface area (Å²) < 4.78 is 2.08. The van der Waals surface area contributed by atoms with Crippen LogP contribution in [0.3, 0.4) is 0 Å². The van der Waals surface area contributed by atoms with Crippen LogP contribution < -0.4 is 10.6 Å². The van der Waals surface area contributed by atoms with E-state index in [1.165, 1.54) is 16.7 Å². The number of aryl methyl sites for hydroxylation is 3. The molecule has 0 unspecified atom stereocenters. The van der Waals surface area contributed by atoms with Crippen LogP contribution in [0.1, 0.15) is 30.0 Å². The van der Waals surface area contributed by atoms with Crippen molar-refractivity contribution in [3.8, 4) is 0 Å². The van der Waals surface area contributed by atoms with Crippen LogP contribution in [0.5, 0.6) is 0 Å². The molecule has 1 heterocycles. The van der Waals surface area contributed by atoms with Crippen molar-refractivity contribution in [3.05, 3.63) is 53.6 Å². The van der Waals surface area contributed by atoms with Gasteiger partial charge in [-0.15, -0.1) is 0 Å². The second-order valence-electron chi connectivity index (χ2n) is 5.71. The van der Waals surface area contributed by atoms with E-state index < -0.39 is 0 Å². The van der Waals surface area contributed by atoms with Crippen LogP contribution in [0.25, 0.3) is 0 Å². The Morgan fingerprint density at radius 3 is 2.83 bits per heavy atom. The molecule has 1 aromatic heterocycles. The number of guanidine groups is 1. The second kappa shape index (κ2) is 8.98. The van der Waals surface area contributed by atoms with Gasteiger partial charge in [-0.25, -0.2) is 9.98 Å². The van der Waals surface area contributed by atoms with Gasteiger partial charge in [-0.05, 0) is 38.3 Å². The predicted molar refractivity (Wildman–Crippen MR) is 95.6 cm³/mol. The van der Waals surface area contributed by atoms with Gasteiger partial charge < -0.3 is 15.2 Å². The first kappa shape index (κ1) is 17.1. The standard InChI is InChI=1S/C18H27N5/c1-4-20-18(21-8-5-10-23-11-9-19-14-23)22-13-17-7-6-15(2)12-16(17)3/h6-7,9,11-12,14H,4-5,8,10,13H2,1-3H3,(H2,20,21,22). The van der Waals surface area contributed by atoms with E-state index >= 15 is 0 Å². The Hall–Kier alpha value is -2.30. The molecule has 0 saturated heterocycles. The molecule has 0 atom stereocenters. The minimum Gasteiger partial charge on any atom is -0.357 e. The molecule has 0 aliphatic heterocycles. The molecule has 2 N–H and O–H groups in total. The molecule has 0 spiro atoms. The van der Waals surface area contributed by atoms with Crippen LogP contribution in [0.15, 0.2) is 41.9 Å². The molecule has 0 saturated carbocycles. The molecular weight excluding hydrogens is 286 g/mol. The lowest BCUT2D eigenvalue weighted by Gasteiger charge is -2.12. The lowest BCUT2D eigenvalue weighted by atomic mass is 10.1. The van der Waals surface area contributed by atoms with Gasteiger partial charge in [0.15, 0.2) is 5.96 Å². The molecule has 124 valence electrons. The van der Waals surface area contributed by atoms with Crippen LogP contribution in [-0.4, -0.2) is 28.6 Å². The zero-order valence-corrected chi connectivity index (χ0v) is 14.3. The van der Waals surface area contributed by atoms with Crippen LogP contribution in [0.4, 0.5) is 0 Å². The highest BCUT2D eigenvalue weighted by molar-refractivity contribution is 5.79. The van der Waals surface area contributed by atoms with Gasteiger partial charge in [0.05, 0.1) is 12.9 Å². The van der Waals surface area contributed by atoms with Crippen LogP contribution >= 0.6 is 0 Å². The maximum absolute atomic E-state index is 4.68. The lowest BCUT2D eigenvalue weighted by molar-refractivity contribution is 0.624. The highest BCUT2D eigenvalue weighted by Crippen LogP contribution is 2.11. The number of hydrogen-bond donors (Lipinski definition) is 2. The van der Waals surface area contributed by atoms with E-state index in [0.29, 0.717) is 6.54 Å². The number of imidazole rings is 1. The van der Waals surface area contributed by atoms with E-state index in [1.54, 1.807) is 0 Å². The number of benzene rings is 1. The van der Waals surface area contributed by atoms with Crippen molar-refractivity contribution in [2.45, 2.75) is 40.3 Å². The Bertz CT molecular complexity index is 616. The maximum atomic E-state index is 4.68. The van der Waals surface area contributed by atoms with Gasteiger partial charge in [0, 0.05) is 32.0 Å². The monoisotopic (exact) mass is 313 g/mol. The SMILES string of the molecule is CCNC(=NCc1ccc(C)cc1C)NCCCn1ccnc1. The number of nitrogens with one attached hydrogen (secondary N) is 2. The van der Waals surface area contributed by atoms with E-state index in [-0.39, 0.29) is 0 Å². The van der Waals surface area contributed by atoms with Crippen LogP contribution in [0, 0.1) is 13.8 Å². The number of hydrogen-bond acceptors (Lipinski definition) is 2. The summed E-state index contributed by atoms with van der Waals surface area (Å²) in [5.74, 6) is 0.873. The Labute approximate surface area is 138 Å². The Balaban J connectivity index is 1.84. The van der Waals surface area contributed by atoms with Gasteiger partial charge in [-0.2, -0.15) is 0 Å². The summed E-state index contributed by atoms with van der Waals surface area (Å²) in [6.45, 7) is 9.75. The van der Waals surface area contributed by atoms with E-state index in [4.69, 9.17) is 0 Å². The molecule has 5 nitrogen and oxygen atoms in total. The molecule has 23 heavy (non-hydrogen) atoms. The van der Waals surface area contributed by atoms with E-state index in [2.05, 4.69) is 64.1 Å². The van der Waals surface area contributed by atoms with Gasteiger partial charge in [-0.1, -0.05) is 23.8 Å². The molecule has 5 heteroatoms. The molecular formula is C18H27N5. The molecule has 0 aliphatic rings. The van der Waals surface area contributed by atoms with Crippen molar-refractivity contribution in [1.82, 2.24) is 20.2 Å². The number of nitrogens with zero attached hydrogens (tertiary/aromatic N) is 3. The van der Waals surface area contributed by atoms with Crippen molar-refractivity contribution >= 4 is 5.96 Å².